The monoisotopic (exact) mass is 280 g/mol. The summed E-state index contributed by atoms with van der Waals surface area (Å²) in [5.41, 5.74) is 0. The molecule has 0 amide bonds. The zero-order valence-corrected chi connectivity index (χ0v) is 6.82. The molecule has 0 fully saturated rings. The zero-order chi connectivity index (χ0) is 4.00. The van der Waals surface area contributed by atoms with Crippen LogP contribution in [0, 0.1) is 0 Å². The van der Waals surface area contributed by atoms with E-state index in [1.165, 1.54) is 0 Å². The molecule has 0 aromatic heterocycles. The summed E-state index contributed by atoms with van der Waals surface area (Å²) in [7, 11) is 4.97. The van der Waals surface area contributed by atoms with E-state index in [0.717, 1.165) is 0 Å². The first-order valence-corrected chi connectivity index (χ1v) is 0.848. The molecule has 5 heavy (non-hydrogen) atoms. The second-order valence-corrected chi connectivity index (χ2v) is 0. The molecule has 24 valence electrons. The minimum atomic E-state index is 0. The van der Waals surface area contributed by atoms with Crippen molar-refractivity contribution in [3.63, 3.8) is 0 Å². The molecule has 0 atom stereocenters. The van der Waals surface area contributed by atoms with E-state index >= 15 is 0 Å². The van der Waals surface area contributed by atoms with Gasteiger partial charge in [0.1, 0.15) is 0 Å². The third-order valence-corrected chi connectivity index (χ3v) is 0. The van der Waals surface area contributed by atoms with Crippen LogP contribution < -0.4 is 0 Å². The van der Waals surface area contributed by atoms with Gasteiger partial charge in [0.25, 0.3) is 0 Å². The van der Waals surface area contributed by atoms with E-state index in [9.17, 15) is 0 Å². The zero-order valence-electron chi connectivity index (χ0n) is 2.34. The van der Waals surface area contributed by atoms with Gasteiger partial charge in [0, 0.05) is 26.2 Å². The van der Waals surface area contributed by atoms with E-state index in [0.29, 0.717) is 0 Å². The molecule has 0 heterocycles. The van der Waals surface area contributed by atoms with Gasteiger partial charge in [-0.25, -0.2) is 0 Å². The number of rotatable bonds is 0. The molecule has 0 aliphatic heterocycles. The Balaban J connectivity index is -0.0000000133. The van der Waals surface area contributed by atoms with Gasteiger partial charge in [-0.3, -0.25) is 0 Å². The average molecular weight is 280 g/mol. The minimum absolute atomic E-state index is 0. The Bertz CT molecular complexity index is 11.6. The summed E-state index contributed by atoms with van der Waals surface area (Å²) in [5, 5.41) is 0. The summed E-state index contributed by atoms with van der Waals surface area (Å²) < 4.78 is 15.8. The molecule has 0 aromatic rings. The Hall–Kier alpha value is 0.765. The second kappa shape index (κ2) is 115. The largest absolute Gasteiger partial charge is 0 e. The van der Waals surface area contributed by atoms with Gasteiger partial charge in [-0.15, -0.1) is 0 Å². The van der Waals surface area contributed by atoms with Gasteiger partial charge in [-0.05, 0) is 0 Å². The van der Waals surface area contributed by atoms with Crippen molar-refractivity contribution < 1.29 is 9.17 Å². The van der Waals surface area contributed by atoms with Gasteiger partial charge >= 0.3 is 22.6 Å². The van der Waals surface area contributed by atoms with Crippen molar-refractivity contribution in [2.45, 2.75) is 0 Å². The predicted molar refractivity (Wildman–Crippen MR) is 18.6 cm³/mol. The maximum absolute atomic E-state index is 8.06. The van der Waals surface area contributed by atoms with Gasteiger partial charge in [0.05, 0.1) is 0 Å². The summed E-state index contributed by atoms with van der Waals surface area (Å²) in [6.45, 7) is 0. The molecular weight excluding hydrogens is 280 g/mol. The van der Waals surface area contributed by atoms with Crippen LogP contribution in [0.4, 0.5) is 0 Å². The molecular formula is BBiO2Si. The molecule has 6 radical (unpaired) electrons. The van der Waals surface area contributed by atoms with Crippen molar-refractivity contribution in [2.24, 2.45) is 0 Å². The average Bonchev–Trinajstić information content (AvgIpc) is 1.50. The molecule has 0 spiro atoms. The van der Waals surface area contributed by atoms with Gasteiger partial charge in [-0.2, -0.15) is 0 Å². The van der Waals surface area contributed by atoms with Crippen LogP contribution in [0.5, 0.6) is 0 Å². The van der Waals surface area contributed by atoms with Gasteiger partial charge < -0.3 is 4.46 Å². The van der Waals surface area contributed by atoms with Crippen molar-refractivity contribution in [2.75, 3.05) is 0 Å². The maximum atomic E-state index is 8.06. The third-order valence-electron chi connectivity index (χ3n) is 0. The quantitative estimate of drug-likeness (QED) is 0.512. The molecule has 2 nitrogen and oxygen atoms in total. The SMILES string of the molecule is O=[Si].[B]=O.[Bi]. The van der Waals surface area contributed by atoms with Gasteiger partial charge in [0.15, 0.2) is 0 Å². The van der Waals surface area contributed by atoms with Gasteiger partial charge in [0.2, 0.25) is 0 Å². The van der Waals surface area contributed by atoms with Crippen molar-refractivity contribution in [1.82, 2.24) is 0 Å². The molecule has 0 N–H and O–H groups in total. The van der Waals surface area contributed by atoms with E-state index < -0.39 is 0 Å². The molecule has 0 aliphatic rings. The first kappa shape index (κ1) is 17.1. The van der Waals surface area contributed by atoms with Gasteiger partial charge in [-0.1, -0.05) is 0 Å². The van der Waals surface area contributed by atoms with E-state index in [1.54, 1.807) is 10.1 Å². The molecule has 0 unspecified atom stereocenters. The Morgan fingerprint density at radius 3 is 1.20 bits per heavy atom. The predicted octanol–water partition coefficient (Wildman–Crippen LogP) is -1.38. The molecule has 0 aromatic carbocycles. The van der Waals surface area contributed by atoms with Crippen molar-refractivity contribution in [3.05, 3.63) is 0 Å². The Morgan fingerprint density at radius 1 is 1.20 bits per heavy atom. The first-order valence-electron chi connectivity index (χ1n) is 0.440. The number of hydrogen-bond acceptors (Lipinski definition) is 2. The minimum Gasteiger partial charge on any atom is 0 e. The summed E-state index contributed by atoms with van der Waals surface area (Å²) in [6.07, 6.45) is 0. The van der Waals surface area contributed by atoms with Crippen LogP contribution in [0.2, 0.25) is 0 Å². The fourth-order valence-corrected chi connectivity index (χ4v) is 0. The second-order valence-electron chi connectivity index (χ2n) is 0. The maximum Gasteiger partial charge on any atom is 0 e. The third kappa shape index (κ3) is 62.3. The molecule has 5 heteroatoms. The molecule has 0 aliphatic carbocycles. The fraction of sp³-hybridized carbons (Fsp3) is 0. The molecule has 0 bridgehead atoms. The van der Waals surface area contributed by atoms with Crippen LogP contribution in [0.3, 0.4) is 0 Å². The smallest absolute Gasteiger partial charge is 0 e. The van der Waals surface area contributed by atoms with Crippen LogP contribution in [0.15, 0.2) is 0 Å². The van der Waals surface area contributed by atoms with Crippen LogP contribution in [0.1, 0.15) is 0 Å². The Kier molecular flexibility index (Phi) is 395. The summed E-state index contributed by atoms with van der Waals surface area (Å²) in [5.74, 6) is 0. The van der Waals surface area contributed by atoms with E-state index in [2.05, 4.69) is 7.72 Å². The van der Waals surface area contributed by atoms with Crippen LogP contribution in [-0.2, 0) is 9.17 Å². The van der Waals surface area contributed by atoms with E-state index in [1.807, 2.05) is 0 Å². The summed E-state index contributed by atoms with van der Waals surface area (Å²) in [6, 6.07) is 0. The van der Waals surface area contributed by atoms with Crippen LogP contribution >= 0.6 is 0 Å². The molecule has 0 saturated heterocycles. The standard InChI is InChI=1S/BO.Bi.OSi/c1-2;;1-2. The summed E-state index contributed by atoms with van der Waals surface area (Å²) >= 11 is 0. The van der Waals surface area contributed by atoms with Crippen LogP contribution in [-0.4, -0.2) is 44.0 Å². The Morgan fingerprint density at radius 2 is 1.20 bits per heavy atom. The topological polar surface area (TPSA) is 34.1 Å². The number of hydrogen-bond donors (Lipinski definition) is 0. The van der Waals surface area contributed by atoms with E-state index in [4.69, 9.17) is 9.17 Å². The van der Waals surface area contributed by atoms with Crippen LogP contribution in [0.25, 0.3) is 0 Å². The fourth-order valence-electron chi connectivity index (χ4n) is 0. The summed E-state index contributed by atoms with van der Waals surface area (Å²) in [4.78, 5) is 0. The first-order chi connectivity index (χ1) is 2.00. The van der Waals surface area contributed by atoms with Crippen molar-refractivity contribution in [3.8, 4) is 0 Å². The Labute approximate surface area is 53.4 Å². The normalized spacial score (nSPS) is 1.40. The van der Waals surface area contributed by atoms with E-state index in [-0.39, 0.29) is 26.2 Å². The molecule has 0 rings (SSSR count). The molecule has 0 saturated carbocycles. The van der Waals surface area contributed by atoms with Crippen molar-refractivity contribution in [1.29, 1.82) is 0 Å². The van der Waals surface area contributed by atoms with Crippen molar-refractivity contribution >= 4 is 44.0 Å².